The molecule has 0 saturated heterocycles. The number of aliphatic hydroxyl groups excluding tert-OH is 1. The molecule has 0 radical (unpaired) electrons. The summed E-state index contributed by atoms with van der Waals surface area (Å²) in [6.45, 7) is 3.54. The smallest absolute Gasteiger partial charge is 0.339 e. The number of hydrogen-bond acceptors (Lipinski definition) is 4. The Labute approximate surface area is 106 Å². The Kier molecular flexibility index (Phi) is 3.26. The maximum absolute atomic E-state index is 11.3. The molecule has 0 aliphatic heterocycles. The highest BCUT2D eigenvalue weighted by Gasteiger charge is 2.37. The molecule has 0 aromatic carbocycles. The van der Waals surface area contributed by atoms with Crippen molar-refractivity contribution in [3.8, 4) is 0 Å². The molecule has 1 aliphatic rings. The van der Waals surface area contributed by atoms with Gasteiger partial charge in [-0.2, -0.15) is 0 Å². The van der Waals surface area contributed by atoms with Crippen molar-refractivity contribution in [3.05, 3.63) is 23.0 Å². The first-order valence-corrected chi connectivity index (χ1v) is 6.08. The maximum atomic E-state index is 11.3. The van der Waals surface area contributed by atoms with Crippen LogP contribution in [0.15, 0.2) is 6.07 Å². The summed E-state index contributed by atoms with van der Waals surface area (Å²) in [5.41, 5.74) is 1.66. The first-order valence-electron chi connectivity index (χ1n) is 6.08. The number of aromatic carboxylic acids is 1. The number of hydrogen-bond donors (Lipinski definition) is 3. The molecule has 1 aromatic heterocycles. The molecule has 0 amide bonds. The molecule has 2 rings (SSSR count). The molecule has 5 heteroatoms. The van der Waals surface area contributed by atoms with E-state index in [1.54, 1.807) is 13.0 Å². The predicted octanol–water partition coefficient (Wildman–Crippen LogP) is 1.72. The third-order valence-electron chi connectivity index (χ3n) is 3.56. The SMILES string of the molecule is Cc1cc(NC2(CO)CCC2)c(C(=O)O)c(C)n1. The number of carbonyl (C=O) groups is 1. The van der Waals surface area contributed by atoms with Gasteiger partial charge in [0, 0.05) is 5.69 Å². The normalized spacial score (nSPS) is 17.1. The second-order valence-electron chi connectivity index (χ2n) is 4.99. The Morgan fingerprint density at radius 3 is 2.61 bits per heavy atom. The topological polar surface area (TPSA) is 82.5 Å². The van der Waals surface area contributed by atoms with E-state index in [0.29, 0.717) is 11.4 Å². The number of aliphatic hydroxyl groups is 1. The number of carboxylic acids is 1. The number of pyridine rings is 1. The largest absolute Gasteiger partial charge is 0.478 e. The minimum atomic E-state index is -0.991. The number of nitrogens with one attached hydrogen (secondary N) is 1. The summed E-state index contributed by atoms with van der Waals surface area (Å²) in [5.74, 6) is -0.991. The van der Waals surface area contributed by atoms with Gasteiger partial charge in [0.2, 0.25) is 0 Å². The average molecular weight is 250 g/mol. The van der Waals surface area contributed by atoms with Crippen LogP contribution in [0.2, 0.25) is 0 Å². The zero-order valence-corrected chi connectivity index (χ0v) is 10.7. The lowest BCUT2D eigenvalue weighted by atomic mass is 9.77. The number of rotatable bonds is 4. The number of aromatic nitrogens is 1. The van der Waals surface area contributed by atoms with Crippen LogP contribution < -0.4 is 5.32 Å². The first kappa shape index (κ1) is 12.8. The molecule has 1 saturated carbocycles. The summed E-state index contributed by atoms with van der Waals surface area (Å²) in [6.07, 6.45) is 2.78. The van der Waals surface area contributed by atoms with Crippen molar-refractivity contribution in [2.24, 2.45) is 0 Å². The van der Waals surface area contributed by atoms with E-state index in [9.17, 15) is 15.0 Å². The van der Waals surface area contributed by atoms with Crippen LogP contribution in [0.4, 0.5) is 5.69 Å². The van der Waals surface area contributed by atoms with Gasteiger partial charge in [0.15, 0.2) is 0 Å². The number of nitrogens with zero attached hydrogens (tertiary/aromatic N) is 1. The lowest BCUT2D eigenvalue weighted by Gasteiger charge is -2.42. The predicted molar refractivity (Wildman–Crippen MR) is 68.0 cm³/mol. The van der Waals surface area contributed by atoms with Crippen LogP contribution in [0.5, 0.6) is 0 Å². The minimum Gasteiger partial charge on any atom is -0.478 e. The van der Waals surface area contributed by atoms with Crippen LogP contribution in [-0.2, 0) is 0 Å². The van der Waals surface area contributed by atoms with Gasteiger partial charge in [-0.25, -0.2) is 4.79 Å². The first-order chi connectivity index (χ1) is 8.47. The molecule has 0 spiro atoms. The number of carboxylic acid groups (broad SMARTS) is 1. The van der Waals surface area contributed by atoms with E-state index >= 15 is 0 Å². The summed E-state index contributed by atoms with van der Waals surface area (Å²) >= 11 is 0. The standard InChI is InChI=1S/C13H18N2O3/c1-8-6-10(11(12(17)18)9(2)14-8)15-13(7-16)4-3-5-13/h6,16H,3-5,7H2,1-2H3,(H,14,15)(H,17,18). The summed E-state index contributed by atoms with van der Waals surface area (Å²) < 4.78 is 0. The molecular weight excluding hydrogens is 232 g/mol. The van der Waals surface area contributed by atoms with Crippen molar-refractivity contribution < 1.29 is 15.0 Å². The molecule has 5 nitrogen and oxygen atoms in total. The highest BCUT2D eigenvalue weighted by Crippen LogP contribution is 2.36. The Hall–Kier alpha value is -1.62. The van der Waals surface area contributed by atoms with E-state index in [0.717, 1.165) is 25.0 Å². The zero-order chi connectivity index (χ0) is 13.3. The Bertz CT molecular complexity index is 476. The van der Waals surface area contributed by atoms with Crippen LogP contribution in [0, 0.1) is 13.8 Å². The lowest BCUT2D eigenvalue weighted by Crippen LogP contribution is -2.48. The Morgan fingerprint density at radius 1 is 1.50 bits per heavy atom. The molecule has 1 heterocycles. The highest BCUT2D eigenvalue weighted by atomic mass is 16.4. The van der Waals surface area contributed by atoms with Gasteiger partial charge in [0.1, 0.15) is 5.56 Å². The van der Waals surface area contributed by atoms with E-state index in [2.05, 4.69) is 10.3 Å². The quantitative estimate of drug-likeness (QED) is 0.758. The summed E-state index contributed by atoms with van der Waals surface area (Å²) in [4.78, 5) is 15.5. The monoisotopic (exact) mass is 250 g/mol. The van der Waals surface area contributed by atoms with Gasteiger partial charge >= 0.3 is 5.97 Å². The van der Waals surface area contributed by atoms with Gasteiger partial charge in [0.25, 0.3) is 0 Å². The Balaban J connectivity index is 2.39. The maximum Gasteiger partial charge on any atom is 0.339 e. The van der Waals surface area contributed by atoms with Crippen molar-refractivity contribution in [1.82, 2.24) is 4.98 Å². The van der Waals surface area contributed by atoms with Gasteiger partial charge in [0.05, 0.1) is 23.5 Å². The van der Waals surface area contributed by atoms with Crippen molar-refractivity contribution in [2.45, 2.75) is 38.6 Å². The molecule has 0 atom stereocenters. The summed E-state index contributed by atoms with van der Waals surface area (Å²) in [5, 5.41) is 21.9. The highest BCUT2D eigenvalue weighted by molar-refractivity contribution is 5.95. The summed E-state index contributed by atoms with van der Waals surface area (Å²) in [7, 11) is 0. The third-order valence-corrected chi connectivity index (χ3v) is 3.56. The third kappa shape index (κ3) is 2.18. The lowest BCUT2D eigenvalue weighted by molar-refractivity contribution is 0.0696. The molecule has 0 bridgehead atoms. The van der Waals surface area contributed by atoms with Crippen molar-refractivity contribution in [3.63, 3.8) is 0 Å². The Morgan fingerprint density at radius 2 is 2.17 bits per heavy atom. The second-order valence-corrected chi connectivity index (χ2v) is 4.99. The molecular formula is C13H18N2O3. The van der Waals surface area contributed by atoms with Crippen LogP contribution in [0.3, 0.4) is 0 Å². The zero-order valence-electron chi connectivity index (χ0n) is 10.7. The van der Waals surface area contributed by atoms with Gasteiger partial charge in [-0.3, -0.25) is 4.98 Å². The summed E-state index contributed by atoms with van der Waals surface area (Å²) in [6, 6.07) is 1.73. The number of anilines is 1. The fourth-order valence-corrected chi connectivity index (χ4v) is 2.41. The second kappa shape index (κ2) is 4.57. The van der Waals surface area contributed by atoms with Crippen LogP contribution in [0.25, 0.3) is 0 Å². The molecule has 18 heavy (non-hydrogen) atoms. The fourth-order valence-electron chi connectivity index (χ4n) is 2.41. The van der Waals surface area contributed by atoms with Crippen LogP contribution in [0.1, 0.15) is 41.0 Å². The molecule has 3 N–H and O–H groups in total. The van der Waals surface area contributed by atoms with E-state index in [-0.39, 0.29) is 17.7 Å². The van der Waals surface area contributed by atoms with E-state index in [1.165, 1.54) is 0 Å². The van der Waals surface area contributed by atoms with Gasteiger partial charge in [-0.15, -0.1) is 0 Å². The molecule has 1 aliphatic carbocycles. The van der Waals surface area contributed by atoms with E-state index in [4.69, 9.17) is 0 Å². The fraction of sp³-hybridized carbons (Fsp3) is 0.538. The molecule has 1 aromatic rings. The minimum absolute atomic E-state index is 0.0203. The molecule has 0 unspecified atom stereocenters. The van der Waals surface area contributed by atoms with Crippen molar-refractivity contribution in [2.75, 3.05) is 11.9 Å². The van der Waals surface area contributed by atoms with E-state index < -0.39 is 5.97 Å². The van der Waals surface area contributed by atoms with Gasteiger partial charge < -0.3 is 15.5 Å². The molecule has 1 fully saturated rings. The van der Waals surface area contributed by atoms with Crippen LogP contribution in [-0.4, -0.2) is 33.3 Å². The van der Waals surface area contributed by atoms with Gasteiger partial charge in [-0.1, -0.05) is 0 Å². The molecule has 98 valence electrons. The van der Waals surface area contributed by atoms with Crippen molar-refractivity contribution in [1.29, 1.82) is 0 Å². The number of aryl methyl sites for hydroxylation is 2. The van der Waals surface area contributed by atoms with Crippen LogP contribution >= 0.6 is 0 Å². The van der Waals surface area contributed by atoms with E-state index in [1.807, 2.05) is 6.92 Å². The van der Waals surface area contributed by atoms with Gasteiger partial charge in [-0.05, 0) is 39.2 Å². The van der Waals surface area contributed by atoms with Crippen molar-refractivity contribution >= 4 is 11.7 Å². The average Bonchev–Trinajstić information content (AvgIpc) is 2.21.